The molecule has 0 unspecified atom stereocenters. The zero-order chi connectivity index (χ0) is 16.9. The van der Waals surface area contributed by atoms with E-state index in [2.05, 4.69) is 29.6 Å². The van der Waals surface area contributed by atoms with E-state index in [1.165, 1.54) is 10.8 Å². The molecule has 5 heteroatoms. The predicted octanol–water partition coefficient (Wildman–Crippen LogP) is 2.52. The van der Waals surface area contributed by atoms with Crippen LogP contribution in [0.25, 0.3) is 10.8 Å². The van der Waals surface area contributed by atoms with Crippen molar-refractivity contribution in [2.45, 2.75) is 32.0 Å². The van der Waals surface area contributed by atoms with Crippen LogP contribution >= 0.6 is 0 Å². The highest BCUT2D eigenvalue weighted by Crippen LogP contribution is 2.16. The maximum absolute atomic E-state index is 12.5. The van der Waals surface area contributed by atoms with Gasteiger partial charge in [0.25, 0.3) is 0 Å². The summed E-state index contributed by atoms with van der Waals surface area (Å²) in [5.74, 6) is 0. The number of rotatable bonds is 4. The van der Waals surface area contributed by atoms with Crippen molar-refractivity contribution < 1.29 is 14.6 Å². The van der Waals surface area contributed by atoms with Gasteiger partial charge in [0.2, 0.25) is 0 Å². The first-order valence-electron chi connectivity index (χ1n) is 8.41. The number of carbonyl (C=O) groups excluding carboxylic acids is 1. The Kier molecular flexibility index (Phi) is 5.33. The maximum Gasteiger partial charge on any atom is 0.318 e. The fourth-order valence-corrected chi connectivity index (χ4v) is 3.14. The van der Waals surface area contributed by atoms with Crippen LogP contribution in [-0.4, -0.2) is 47.9 Å². The molecule has 3 rings (SSSR count). The summed E-state index contributed by atoms with van der Waals surface area (Å²) in [6.45, 7) is 3.80. The molecule has 2 atom stereocenters. The van der Waals surface area contributed by atoms with Crippen molar-refractivity contribution in [1.82, 2.24) is 10.2 Å². The molecule has 2 amide bonds. The summed E-state index contributed by atoms with van der Waals surface area (Å²) < 4.78 is 5.44. The number of morpholine rings is 1. The van der Waals surface area contributed by atoms with Crippen molar-refractivity contribution in [3.63, 3.8) is 0 Å². The molecule has 2 aromatic rings. The molecule has 1 fully saturated rings. The van der Waals surface area contributed by atoms with E-state index in [0.29, 0.717) is 32.7 Å². The number of nitrogens with zero attached hydrogens (tertiary/aromatic N) is 1. The van der Waals surface area contributed by atoms with Gasteiger partial charge in [-0.3, -0.25) is 0 Å². The van der Waals surface area contributed by atoms with Gasteiger partial charge in [-0.15, -0.1) is 0 Å². The Morgan fingerprint density at radius 2 is 2.12 bits per heavy atom. The van der Waals surface area contributed by atoms with Gasteiger partial charge in [0.1, 0.15) is 0 Å². The molecular formula is C19H24N2O3. The molecule has 1 saturated heterocycles. The lowest BCUT2D eigenvalue weighted by Gasteiger charge is -2.36. The van der Waals surface area contributed by atoms with Gasteiger partial charge in [-0.05, 0) is 35.7 Å². The first kappa shape index (κ1) is 16.7. The monoisotopic (exact) mass is 328 g/mol. The number of aliphatic hydroxyl groups is 1. The summed E-state index contributed by atoms with van der Waals surface area (Å²) in [5.41, 5.74) is 1.07. The van der Waals surface area contributed by atoms with E-state index >= 15 is 0 Å². The molecule has 1 aliphatic heterocycles. The van der Waals surface area contributed by atoms with Gasteiger partial charge in [0, 0.05) is 13.1 Å². The van der Waals surface area contributed by atoms with E-state index in [1.54, 1.807) is 11.8 Å². The minimum absolute atomic E-state index is 0.0737. The Bertz CT molecular complexity index is 702. The molecule has 0 aromatic heterocycles. The fourth-order valence-electron chi connectivity index (χ4n) is 3.14. The van der Waals surface area contributed by atoms with Crippen LogP contribution < -0.4 is 5.32 Å². The average Bonchev–Trinajstić information content (AvgIpc) is 2.59. The lowest BCUT2D eigenvalue weighted by atomic mass is 10.1. The van der Waals surface area contributed by atoms with Gasteiger partial charge in [0.15, 0.2) is 0 Å². The average molecular weight is 328 g/mol. The van der Waals surface area contributed by atoms with Crippen LogP contribution in [0.15, 0.2) is 42.5 Å². The second kappa shape index (κ2) is 7.64. The van der Waals surface area contributed by atoms with Crippen molar-refractivity contribution in [3.05, 3.63) is 48.0 Å². The molecule has 24 heavy (non-hydrogen) atoms. The Balaban J connectivity index is 1.62. The van der Waals surface area contributed by atoms with E-state index in [0.717, 1.165) is 5.56 Å². The van der Waals surface area contributed by atoms with E-state index in [9.17, 15) is 9.90 Å². The fraction of sp³-hybridized carbons (Fsp3) is 0.421. The molecule has 0 spiro atoms. The molecular weight excluding hydrogens is 304 g/mol. The number of ether oxygens (including phenoxy) is 1. The maximum atomic E-state index is 12.5. The van der Waals surface area contributed by atoms with Crippen molar-refractivity contribution in [2.75, 3.05) is 19.8 Å². The second-order valence-electron chi connectivity index (χ2n) is 6.35. The Morgan fingerprint density at radius 3 is 2.92 bits per heavy atom. The van der Waals surface area contributed by atoms with Gasteiger partial charge in [-0.2, -0.15) is 0 Å². The summed E-state index contributed by atoms with van der Waals surface area (Å²) in [5, 5.41) is 14.9. The van der Waals surface area contributed by atoms with Gasteiger partial charge in [0.05, 0.1) is 25.4 Å². The van der Waals surface area contributed by atoms with E-state index in [1.807, 2.05) is 18.2 Å². The summed E-state index contributed by atoms with van der Waals surface area (Å²) in [6, 6.07) is 14.2. The number of fused-ring (bicyclic) bond motifs is 1. The topological polar surface area (TPSA) is 61.8 Å². The molecule has 1 heterocycles. The smallest absolute Gasteiger partial charge is 0.318 e. The molecule has 1 aliphatic rings. The van der Waals surface area contributed by atoms with Gasteiger partial charge in [-0.1, -0.05) is 36.4 Å². The predicted molar refractivity (Wildman–Crippen MR) is 93.8 cm³/mol. The summed E-state index contributed by atoms with van der Waals surface area (Å²) in [6.07, 6.45) is 0.0797. The van der Waals surface area contributed by atoms with Gasteiger partial charge in [-0.25, -0.2) is 4.79 Å². The number of aliphatic hydroxyl groups excluding tert-OH is 1. The number of carbonyl (C=O) groups is 1. The Morgan fingerprint density at radius 1 is 1.33 bits per heavy atom. The number of hydrogen-bond acceptors (Lipinski definition) is 3. The van der Waals surface area contributed by atoms with Crippen LogP contribution in [0.2, 0.25) is 0 Å². The third-order valence-electron chi connectivity index (χ3n) is 4.36. The quantitative estimate of drug-likeness (QED) is 0.906. The second-order valence-corrected chi connectivity index (χ2v) is 6.35. The largest absolute Gasteiger partial charge is 0.393 e. The van der Waals surface area contributed by atoms with Crippen LogP contribution in [0.3, 0.4) is 0 Å². The molecule has 5 nitrogen and oxygen atoms in total. The first-order chi connectivity index (χ1) is 11.6. The minimum atomic E-state index is -0.451. The third-order valence-corrected chi connectivity index (χ3v) is 4.36. The van der Waals surface area contributed by atoms with Crippen LogP contribution in [-0.2, 0) is 11.3 Å². The minimum Gasteiger partial charge on any atom is -0.393 e. The molecule has 128 valence electrons. The molecule has 0 saturated carbocycles. The Labute approximate surface area is 142 Å². The highest BCUT2D eigenvalue weighted by molar-refractivity contribution is 5.83. The zero-order valence-corrected chi connectivity index (χ0v) is 13.9. The standard InChI is InChI=1S/C19H24N2O3/c1-14(22)10-18-13-24-9-8-21(18)19(23)20-12-15-6-7-16-4-2-3-5-17(16)11-15/h2-7,11,14,18,22H,8-10,12-13H2,1H3,(H,20,23)/t14-,18-/m0/s1. The number of benzene rings is 2. The van der Waals surface area contributed by atoms with E-state index in [-0.39, 0.29) is 12.1 Å². The number of amides is 2. The number of urea groups is 1. The lowest BCUT2D eigenvalue weighted by Crippen LogP contribution is -2.53. The molecule has 0 aliphatic carbocycles. The zero-order valence-electron chi connectivity index (χ0n) is 13.9. The first-order valence-corrected chi connectivity index (χ1v) is 8.41. The highest BCUT2D eigenvalue weighted by atomic mass is 16.5. The van der Waals surface area contributed by atoms with Crippen LogP contribution in [0.5, 0.6) is 0 Å². The van der Waals surface area contributed by atoms with E-state index < -0.39 is 6.10 Å². The molecule has 0 radical (unpaired) electrons. The van der Waals surface area contributed by atoms with Crippen LogP contribution in [0, 0.1) is 0 Å². The van der Waals surface area contributed by atoms with Crippen molar-refractivity contribution >= 4 is 16.8 Å². The molecule has 0 bridgehead atoms. The Hall–Kier alpha value is -2.11. The summed E-state index contributed by atoms with van der Waals surface area (Å²) in [4.78, 5) is 14.3. The van der Waals surface area contributed by atoms with Crippen LogP contribution in [0.1, 0.15) is 18.9 Å². The summed E-state index contributed by atoms with van der Waals surface area (Å²) in [7, 11) is 0. The molecule has 2 N–H and O–H groups in total. The van der Waals surface area contributed by atoms with Gasteiger partial charge >= 0.3 is 6.03 Å². The number of hydrogen-bond donors (Lipinski definition) is 2. The van der Waals surface area contributed by atoms with E-state index in [4.69, 9.17) is 4.74 Å². The normalized spacial score (nSPS) is 19.2. The third kappa shape index (κ3) is 4.04. The summed E-state index contributed by atoms with van der Waals surface area (Å²) >= 11 is 0. The SMILES string of the molecule is C[C@H](O)C[C@H]1COCCN1C(=O)NCc1ccc2ccccc2c1. The van der Waals surface area contributed by atoms with Crippen molar-refractivity contribution in [2.24, 2.45) is 0 Å². The lowest BCUT2D eigenvalue weighted by molar-refractivity contribution is -0.00437. The molecule has 2 aromatic carbocycles. The van der Waals surface area contributed by atoms with Crippen molar-refractivity contribution in [3.8, 4) is 0 Å². The van der Waals surface area contributed by atoms with Crippen LogP contribution in [0.4, 0.5) is 4.79 Å². The highest BCUT2D eigenvalue weighted by Gasteiger charge is 2.28. The van der Waals surface area contributed by atoms with Crippen molar-refractivity contribution in [1.29, 1.82) is 0 Å². The number of nitrogens with one attached hydrogen (secondary N) is 1. The van der Waals surface area contributed by atoms with Gasteiger partial charge < -0.3 is 20.1 Å².